The average Bonchev–Trinajstić information content (AvgIpc) is 3.20. The lowest BCUT2D eigenvalue weighted by Crippen LogP contribution is -2.34. The molecule has 2 aromatic carbocycles. The van der Waals surface area contributed by atoms with Crippen LogP contribution in [0.5, 0.6) is 0 Å². The number of amides is 1. The van der Waals surface area contributed by atoms with E-state index in [9.17, 15) is 4.79 Å². The topological polar surface area (TPSA) is 49.6 Å². The molecular formula is C25H30N4OS. The summed E-state index contributed by atoms with van der Waals surface area (Å²) in [5, 5.41) is 5.11. The Bertz CT molecular complexity index is 1050. The normalized spacial score (nSPS) is 11.6. The zero-order chi connectivity index (χ0) is 22.1. The summed E-state index contributed by atoms with van der Waals surface area (Å²) in [4.78, 5) is 20.4. The molecule has 0 aliphatic rings. The number of thiazole rings is 1. The van der Waals surface area contributed by atoms with Gasteiger partial charge in [0.25, 0.3) is 5.91 Å². The molecule has 3 aromatic rings. The lowest BCUT2D eigenvalue weighted by molar-refractivity contribution is 0.0949. The molecule has 0 saturated heterocycles. The number of hydrogen-bond acceptors (Lipinski definition) is 4. The van der Waals surface area contributed by atoms with Gasteiger partial charge < -0.3 is 14.8 Å². The van der Waals surface area contributed by atoms with E-state index < -0.39 is 0 Å². The maximum Gasteiger partial charge on any atom is 0.251 e. The first kappa shape index (κ1) is 22.7. The van der Waals surface area contributed by atoms with E-state index in [1.54, 1.807) is 11.3 Å². The molecule has 0 spiro atoms. The summed E-state index contributed by atoms with van der Waals surface area (Å²) in [5.74, 6) is -0.0529. The minimum atomic E-state index is -0.0529. The highest BCUT2D eigenvalue weighted by molar-refractivity contribution is 7.07. The van der Waals surface area contributed by atoms with Crippen LogP contribution in [0.3, 0.4) is 0 Å². The van der Waals surface area contributed by atoms with E-state index in [1.165, 1.54) is 0 Å². The molecule has 0 atom stereocenters. The van der Waals surface area contributed by atoms with Gasteiger partial charge in [-0.1, -0.05) is 50.3 Å². The Hall–Kier alpha value is -2.96. The first-order valence-corrected chi connectivity index (χ1v) is 11.5. The van der Waals surface area contributed by atoms with Crippen molar-refractivity contribution >= 4 is 22.9 Å². The third-order valence-corrected chi connectivity index (χ3v) is 6.00. The third-order valence-electron chi connectivity index (χ3n) is 5.14. The summed E-state index contributed by atoms with van der Waals surface area (Å²) < 4.78 is 2.15. The summed E-state index contributed by atoms with van der Waals surface area (Å²) in [7, 11) is 0. The van der Waals surface area contributed by atoms with Gasteiger partial charge >= 0.3 is 0 Å². The van der Waals surface area contributed by atoms with Crippen LogP contribution in [0, 0.1) is 0 Å². The zero-order valence-corrected chi connectivity index (χ0v) is 19.1. The number of nitrogens with zero attached hydrogens (tertiary/aromatic N) is 3. The molecule has 1 aromatic heterocycles. The van der Waals surface area contributed by atoms with Crippen molar-refractivity contribution in [3.05, 3.63) is 83.0 Å². The molecule has 162 valence electrons. The van der Waals surface area contributed by atoms with Crippen LogP contribution in [0.15, 0.2) is 77.6 Å². The van der Waals surface area contributed by atoms with Crippen molar-refractivity contribution in [1.82, 2.24) is 14.8 Å². The largest absolute Gasteiger partial charge is 0.351 e. The molecule has 6 heteroatoms. The van der Waals surface area contributed by atoms with Gasteiger partial charge in [-0.05, 0) is 42.9 Å². The Morgan fingerprint density at radius 2 is 1.84 bits per heavy atom. The second-order valence-corrected chi connectivity index (χ2v) is 7.95. The van der Waals surface area contributed by atoms with E-state index in [0.717, 1.165) is 41.4 Å². The number of rotatable bonds is 10. The first-order valence-electron chi connectivity index (χ1n) is 10.7. The Balaban J connectivity index is 1.75. The van der Waals surface area contributed by atoms with Gasteiger partial charge in [0.1, 0.15) is 0 Å². The Kier molecular flexibility index (Phi) is 8.38. The third kappa shape index (κ3) is 6.03. The molecule has 0 aliphatic heterocycles. The van der Waals surface area contributed by atoms with Crippen molar-refractivity contribution in [2.45, 2.75) is 20.4 Å². The first-order chi connectivity index (χ1) is 15.2. The standard InChI is InChI=1S/C25H30N4OS/c1-4-17-29-23(20-10-8-7-9-11-20)19-31-25(29)27-22-14-12-21(13-15-22)24(30)26-16-18-28(5-2)6-3/h4,7-15,19H,1,5-6,16-18H2,2-3H3,(H,26,30). The number of benzene rings is 2. The quantitative estimate of drug-likeness (QED) is 0.470. The molecule has 0 fully saturated rings. The van der Waals surface area contributed by atoms with Crippen molar-refractivity contribution in [2.75, 3.05) is 26.2 Å². The molecule has 0 aliphatic carbocycles. The minimum Gasteiger partial charge on any atom is -0.351 e. The molecule has 1 heterocycles. The summed E-state index contributed by atoms with van der Waals surface area (Å²) in [6.45, 7) is 12.3. The number of allylic oxidation sites excluding steroid dienone is 1. The number of likely N-dealkylation sites (N-methyl/N-ethyl adjacent to an activating group) is 1. The van der Waals surface area contributed by atoms with Crippen molar-refractivity contribution in [3.8, 4) is 11.3 Å². The second-order valence-electron chi connectivity index (χ2n) is 7.11. The number of carbonyl (C=O) groups is 1. The number of hydrogen-bond donors (Lipinski definition) is 1. The molecule has 1 N–H and O–H groups in total. The summed E-state index contributed by atoms with van der Waals surface area (Å²) in [6, 6.07) is 17.7. The van der Waals surface area contributed by atoms with Gasteiger partial charge in [0.15, 0.2) is 4.80 Å². The SMILES string of the molecule is C=CCn1c(-c2ccccc2)csc1=Nc1ccc(C(=O)NCCN(CC)CC)cc1. The maximum atomic E-state index is 12.4. The molecule has 3 rings (SSSR count). The molecule has 0 radical (unpaired) electrons. The minimum absolute atomic E-state index is 0.0529. The maximum absolute atomic E-state index is 12.4. The van der Waals surface area contributed by atoms with Crippen LogP contribution in [-0.2, 0) is 6.54 Å². The van der Waals surface area contributed by atoms with Gasteiger partial charge in [0.05, 0.1) is 11.4 Å². The zero-order valence-electron chi connectivity index (χ0n) is 18.3. The lowest BCUT2D eigenvalue weighted by Gasteiger charge is -2.17. The van der Waals surface area contributed by atoms with Crippen LogP contribution in [0.25, 0.3) is 11.3 Å². The molecule has 1 amide bonds. The van der Waals surface area contributed by atoms with Crippen LogP contribution in [0.4, 0.5) is 5.69 Å². The van der Waals surface area contributed by atoms with E-state index in [1.807, 2.05) is 48.5 Å². The molecule has 31 heavy (non-hydrogen) atoms. The predicted molar refractivity (Wildman–Crippen MR) is 130 cm³/mol. The molecule has 5 nitrogen and oxygen atoms in total. The summed E-state index contributed by atoms with van der Waals surface area (Å²) in [6.07, 6.45) is 1.88. The fourth-order valence-corrected chi connectivity index (χ4v) is 4.27. The number of aromatic nitrogens is 1. The van der Waals surface area contributed by atoms with Crippen LogP contribution in [0.1, 0.15) is 24.2 Å². The summed E-state index contributed by atoms with van der Waals surface area (Å²) >= 11 is 1.60. The van der Waals surface area contributed by atoms with Crippen LogP contribution >= 0.6 is 11.3 Å². The highest BCUT2D eigenvalue weighted by atomic mass is 32.1. The smallest absolute Gasteiger partial charge is 0.251 e. The fourth-order valence-electron chi connectivity index (χ4n) is 3.33. The van der Waals surface area contributed by atoms with E-state index in [2.05, 4.69) is 52.7 Å². The van der Waals surface area contributed by atoms with Crippen molar-refractivity contribution in [2.24, 2.45) is 4.99 Å². The molecule has 0 bridgehead atoms. The van der Waals surface area contributed by atoms with Crippen molar-refractivity contribution in [1.29, 1.82) is 0 Å². The van der Waals surface area contributed by atoms with Gasteiger partial charge in [0.2, 0.25) is 0 Å². The Morgan fingerprint density at radius 1 is 1.13 bits per heavy atom. The van der Waals surface area contributed by atoms with E-state index in [4.69, 9.17) is 4.99 Å². The lowest BCUT2D eigenvalue weighted by atomic mass is 10.2. The monoisotopic (exact) mass is 434 g/mol. The van der Waals surface area contributed by atoms with E-state index in [-0.39, 0.29) is 5.91 Å². The average molecular weight is 435 g/mol. The highest BCUT2D eigenvalue weighted by Gasteiger charge is 2.08. The Morgan fingerprint density at radius 3 is 2.48 bits per heavy atom. The Labute approximate surface area is 188 Å². The molecule has 0 unspecified atom stereocenters. The second kappa shape index (κ2) is 11.4. The molecular weight excluding hydrogens is 404 g/mol. The fraction of sp³-hybridized carbons (Fsp3) is 0.280. The van der Waals surface area contributed by atoms with Crippen molar-refractivity contribution in [3.63, 3.8) is 0 Å². The van der Waals surface area contributed by atoms with Crippen molar-refractivity contribution < 1.29 is 4.79 Å². The van der Waals surface area contributed by atoms with E-state index in [0.29, 0.717) is 18.7 Å². The van der Waals surface area contributed by atoms with Gasteiger partial charge in [0, 0.05) is 30.6 Å². The number of carbonyl (C=O) groups excluding carboxylic acids is 1. The van der Waals surface area contributed by atoms with Gasteiger partial charge in [-0.25, -0.2) is 4.99 Å². The van der Waals surface area contributed by atoms with Gasteiger partial charge in [-0.2, -0.15) is 0 Å². The van der Waals surface area contributed by atoms with Crippen LogP contribution < -0.4 is 10.1 Å². The predicted octanol–water partition coefficient (Wildman–Crippen LogP) is 4.71. The highest BCUT2D eigenvalue weighted by Crippen LogP contribution is 2.21. The van der Waals surface area contributed by atoms with Gasteiger partial charge in [-0.3, -0.25) is 4.79 Å². The van der Waals surface area contributed by atoms with Crippen LogP contribution in [-0.4, -0.2) is 41.6 Å². The van der Waals surface area contributed by atoms with E-state index >= 15 is 0 Å². The summed E-state index contributed by atoms with van der Waals surface area (Å²) in [5.41, 5.74) is 3.74. The number of nitrogens with one attached hydrogen (secondary N) is 1. The van der Waals surface area contributed by atoms with Gasteiger partial charge in [-0.15, -0.1) is 17.9 Å². The molecule has 0 saturated carbocycles. The van der Waals surface area contributed by atoms with Crippen LogP contribution in [0.2, 0.25) is 0 Å².